The Kier molecular flexibility index (Phi) is 5.89. The van der Waals surface area contributed by atoms with Gasteiger partial charge in [0.05, 0.1) is 7.11 Å². The van der Waals surface area contributed by atoms with Crippen LogP contribution in [0.15, 0.2) is 79.4 Å². The van der Waals surface area contributed by atoms with Crippen LogP contribution in [0.1, 0.15) is 27.8 Å². The van der Waals surface area contributed by atoms with Crippen molar-refractivity contribution in [2.75, 3.05) is 12.4 Å². The number of rotatable bonds is 7. The quantitative estimate of drug-likeness (QED) is 0.481. The second-order valence-corrected chi connectivity index (χ2v) is 6.85. The number of benzene rings is 2. The molecular weight excluding hydrogens is 392 g/mol. The van der Waals surface area contributed by atoms with Crippen molar-refractivity contribution in [2.24, 2.45) is 7.05 Å². The number of aryl methyl sites for hydroxylation is 1. The molecular formula is C23H22N6O2. The molecule has 4 rings (SSSR count). The van der Waals surface area contributed by atoms with E-state index in [-0.39, 0.29) is 5.91 Å². The second kappa shape index (κ2) is 9.08. The van der Waals surface area contributed by atoms with Gasteiger partial charge in [-0.25, -0.2) is 15.0 Å². The molecule has 2 aromatic heterocycles. The molecule has 0 bridgehead atoms. The van der Waals surface area contributed by atoms with Gasteiger partial charge in [-0.05, 0) is 42.0 Å². The number of ether oxygens (including phenoxy) is 1. The van der Waals surface area contributed by atoms with Crippen LogP contribution in [-0.4, -0.2) is 32.5 Å². The van der Waals surface area contributed by atoms with E-state index < -0.39 is 6.04 Å². The number of imidazole rings is 1. The number of methoxy groups -OCH3 is 1. The summed E-state index contributed by atoms with van der Waals surface area (Å²) in [6.45, 7) is 0. The fourth-order valence-corrected chi connectivity index (χ4v) is 3.19. The van der Waals surface area contributed by atoms with Crippen LogP contribution in [0.4, 0.5) is 11.6 Å². The first-order valence-corrected chi connectivity index (χ1v) is 9.70. The van der Waals surface area contributed by atoms with Gasteiger partial charge in [0.25, 0.3) is 5.91 Å². The van der Waals surface area contributed by atoms with Crippen molar-refractivity contribution in [1.82, 2.24) is 24.8 Å². The van der Waals surface area contributed by atoms with Gasteiger partial charge >= 0.3 is 0 Å². The maximum Gasteiger partial charge on any atom is 0.252 e. The molecule has 1 amide bonds. The zero-order valence-electron chi connectivity index (χ0n) is 17.2. The van der Waals surface area contributed by atoms with E-state index >= 15 is 0 Å². The molecule has 0 aliphatic rings. The van der Waals surface area contributed by atoms with E-state index in [4.69, 9.17) is 4.74 Å². The molecule has 0 saturated heterocycles. The van der Waals surface area contributed by atoms with Crippen molar-refractivity contribution in [3.05, 3.63) is 96.3 Å². The normalized spacial score (nSPS) is 11.5. The summed E-state index contributed by atoms with van der Waals surface area (Å²) in [6, 6.07) is 16.1. The molecule has 1 atom stereocenters. The van der Waals surface area contributed by atoms with Crippen LogP contribution in [0.5, 0.6) is 5.75 Å². The predicted octanol–water partition coefficient (Wildman–Crippen LogP) is 3.48. The zero-order valence-corrected chi connectivity index (χ0v) is 17.2. The zero-order chi connectivity index (χ0) is 21.6. The van der Waals surface area contributed by atoms with Gasteiger partial charge in [0.1, 0.15) is 17.6 Å². The number of hydrogen-bond acceptors (Lipinski definition) is 6. The minimum atomic E-state index is -0.424. The van der Waals surface area contributed by atoms with E-state index in [9.17, 15) is 4.79 Å². The van der Waals surface area contributed by atoms with Crippen molar-refractivity contribution >= 4 is 17.5 Å². The number of aromatic nitrogens is 4. The summed E-state index contributed by atoms with van der Waals surface area (Å²) in [5, 5.41) is 6.20. The van der Waals surface area contributed by atoms with Crippen molar-refractivity contribution < 1.29 is 9.53 Å². The topological polar surface area (TPSA) is 94.0 Å². The lowest BCUT2D eigenvalue weighted by Gasteiger charge is -2.20. The Balaban J connectivity index is 1.59. The summed E-state index contributed by atoms with van der Waals surface area (Å²) in [5.74, 6) is 1.71. The summed E-state index contributed by atoms with van der Waals surface area (Å²) in [6.07, 6.45) is 6.86. The first kappa shape index (κ1) is 20.1. The van der Waals surface area contributed by atoms with Gasteiger partial charge in [0.15, 0.2) is 0 Å². The number of nitrogens with zero attached hydrogens (tertiary/aromatic N) is 4. The fraction of sp³-hybridized carbons (Fsp3) is 0.130. The molecule has 0 aliphatic carbocycles. The molecule has 0 spiro atoms. The molecule has 0 saturated carbocycles. The van der Waals surface area contributed by atoms with Gasteiger partial charge in [-0.2, -0.15) is 0 Å². The monoisotopic (exact) mass is 414 g/mol. The van der Waals surface area contributed by atoms with Crippen LogP contribution in [0.3, 0.4) is 0 Å². The molecule has 0 radical (unpaired) electrons. The average molecular weight is 414 g/mol. The van der Waals surface area contributed by atoms with Crippen LogP contribution < -0.4 is 15.4 Å². The van der Waals surface area contributed by atoms with Crippen molar-refractivity contribution in [3.8, 4) is 5.75 Å². The lowest BCUT2D eigenvalue weighted by Crippen LogP contribution is -2.31. The number of carbonyl (C=O) groups excluding carboxylic acids is 1. The molecule has 31 heavy (non-hydrogen) atoms. The van der Waals surface area contributed by atoms with E-state index in [0.717, 1.165) is 22.8 Å². The first-order chi connectivity index (χ1) is 15.1. The molecule has 8 heteroatoms. The highest BCUT2D eigenvalue weighted by atomic mass is 16.5. The van der Waals surface area contributed by atoms with Gasteiger partial charge in [-0.15, -0.1) is 0 Å². The van der Waals surface area contributed by atoms with E-state index in [0.29, 0.717) is 11.5 Å². The number of amides is 1. The summed E-state index contributed by atoms with van der Waals surface area (Å²) < 4.78 is 7.14. The molecule has 2 N–H and O–H groups in total. The maximum absolute atomic E-state index is 13.1. The fourth-order valence-electron chi connectivity index (χ4n) is 3.19. The highest BCUT2D eigenvalue weighted by molar-refractivity contribution is 5.95. The van der Waals surface area contributed by atoms with E-state index in [2.05, 4.69) is 25.6 Å². The van der Waals surface area contributed by atoms with Gasteiger partial charge in [0.2, 0.25) is 5.95 Å². The smallest absolute Gasteiger partial charge is 0.252 e. The molecule has 0 aliphatic heterocycles. The van der Waals surface area contributed by atoms with E-state index in [1.807, 2.05) is 54.2 Å². The molecule has 2 aromatic carbocycles. The van der Waals surface area contributed by atoms with Crippen molar-refractivity contribution in [1.29, 1.82) is 0 Å². The summed E-state index contributed by atoms with van der Waals surface area (Å²) in [7, 11) is 3.52. The minimum absolute atomic E-state index is 0.221. The third-order valence-electron chi connectivity index (χ3n) is 4.79. The van der Waals surface area contributed by atoms with Gasteiger partial charge < -0.3 is 19.9 Å². The van der Waals surface area contributed by atoms with Gasteiger partial charge in [-0.1, -0.05) is 18.2 Å². The Labute approximate surface area is 180 Å². The predicted molar refractivity (Wildman–Crippen MR) is 117 cm³/mol. The third kappa shape index (κ3) is 4.69. The summed E-state index contributed by atoms with van der Waals surface area (Å²) in [4.78, 5) is 25.9. The largest absolute Gasteiger partial charge is 0.497 e. The molecule has 0 fully saturated rings. The Morgan fingerprint density at radius 2 is 1.77 bits per heavy atom. The van der Waals surface area contributed by atoms with Crippen LogP contribution in [-0.2, 0) is 7.05 Å². The number of anilines is 2. The van der Waals surface area contributed by atoms with E-state index in [1.165, 1.54) is 0 Å². The van der Waals surface area contributed by atoms with E-state index in [1.54, 1.807) is 43.9 Å². The standard InChI is InChI=1S/C23H22N6O2/c1-29-14-13-24-21(29)20(16-7-9-19(31-2)10-8-16)28-22(30)17-5-3-6-18(15-17)27-23-25-11-4-12-26-23/h3-15,20H,1-2H3,(H,28,30)(H,25,26,27)/t20-/m1/s1. The van der Waals surface area contributed by atoms with Crippen LogP contribution in [0.25, 0.3) is 0 Å². The molecule has 8 nitrogen and oxygen atoms in total. The average Bonchev–Trinajstić information content (AvgIpc) is 3.24. The highest BCUT2D eigenvalue weighted by Gasteiger charge is 2.21. The maximum atomic E-state index is 13.1. The Morgan fingerprint density at radius 3 is 2.45 bits per heavy atom. The second-order valence-electron chi connectivity index (χ2n) is 6.85. The molecule has 4 aromatic rings. The highest BCUT2D eigenvalue weighted by Crippen LogP contribution is 2.24. The number of nitrogens with one attached hydrogen (secondary N) is 2. The molecule has 156 valence electrons. The summed E-state index contributed by atoms with van der Waals surface area (Å²) >= 11 is 0. The Morgan fingerprint density at radius 1 is 1.00 bits per heavy atom. The van der Waals surface area contributed by atoms with Gasteiger partial charge in [0, 0.05) is 43.1 Å². The Bertz CT molecular complexity index is 1160. The lowest BCUT2D eigenvalue weighted by atomic mass is 10.0. The molecule has 2 heterocycles. The van der Waals surface area contributed by atoms with Crippen LogP contribution in [0, 0.1) is 0 Å². The lowest BCUT2D eigenvalue weighted by molar-refractivity contribution is 0.0941. The van der Waals surface area contributed by atoms with Crippen LogP contribution in [0.2, 0.25) is 0 Å². The van der Waals surface area contributed by atoms with Crippen LogP contribution >= 0.6 is 0 Å². The first-order valence-electron chi connectivity index (χ1n) is 9.70. The Hall–Kier alpha value is -4.20. The van der Waals surface area contributed by atoms with Crippen molar-refractivity contribution in [2.45, 2.75) is 6.04 Å². The van der Waals surface area contributed by atoms with Gasteiger partial charge in [-0.3, -0.25) is 4.79 Å². The summed E-state index contributed by atoms with van der Waals surface area (Å²) in [5.41, 5.74) is 2.13. The minimum Gasteiger partial charge on any atom is -0.497 e. The SMILES string of the molecule is COc1ccc([C@@H](NC(=O)c2cccc(Nc3ncccn3)c2)c2nccn2C)cc1. The van der Waals surface area contributed by atoms with Crippen molar-refractivity contribution in [3.63, 3.8) is 0 Å². The third-order valence-corrected chi connectivity index (χ3v) is 4.79. The number of hydrogen-bond donors (Lipinski definition) is 2. The number of carbonyl (C=O) groups is 1. The molecule has 0 unspecified atom stereocenters.